The molecule has 3 aromatic heterocycles. The summed E-state index contributed by atoms with van der Waals surface area (Å²) >= 11 is 0. The maximum atomic E-state index is 13.6. The molecule has 5 rings (SSSR count). The van der Waals surface area contributed by atoms with Crippen molar-refractivity contribution in [1.82, 2.24) is 30.1 Å². The van der Waals surface area contributed by atoms with Crippen LogP contribution in [-0.2, 0) is 5.41 Å². The van der Waals surface area contributed by atoms with Gasteiger partial charge in [0.2, 0.25) is 5.95 Å². The average Bonchev–Trinajstić information content (AvgIpc) is 3.18. The number of nitrogens with one attached hydrogen (secondary N) is 1. The summed E-state index contributed by atoms with van der Waals surface area (Å²) in [5.74, 6) is 1.26. The molecule has 1 aliphatic carbocycles. The van der Waals surface area contributed by atoms with Crippen LogP contribution < -0.4 is 5.73 Å². The number of rotatable bonds is 4. The van der Waals surface area contributed by atoms with E-state index in [2.05, 4.69) is 36.2 Å². The Morgan fingerprint density at radius 3 is 2.48 bits per heavy atom. The van der Waals surface area contributed by atoms with Gasteiger partial charge in [0.1, 0.15) is 11.6 Å². The Balaban J connectivity index is 1.53. The van der Waals surface area contributed by atoms with E-state index >= 15 is 0 Å². The summed E-state index contributed by atoms with van der Waals surface area (Å²) in [7, 11) is 0. The van der Waals surface area contributed by atoms with Crippen LogP contribution in [0.2, 0.25) is 0 Å². The van der Waals surface area contributed by atoms with Crippen LogP contribution in [0.1, 0.15) is 30.7 Å². The minimum Gasteiger partial charge on any atom is -0.368 e. The normalized spacial score (nSPS) is 15.1. The van der Waals surface area contributed by atoms with Crippen LogP contribution in [-0.4, -0.2) is 30.1 Å². The molecule has 0 saturated heterocycles. The van der Waals surface area contributed by atoms with Crippen LogP contribution in [0.3, 0.4) is 0 Å². The highest BCUT2D eigenvalue weighted by Crippen LogP contribution is 2.48. The summed E-state index contributed by atoms with van der Waals surface area (Å²) in [5, 5.41) is 8.67. The predicted octanol–water partition coefficient (Wildman–Crippen LogP) is 3.52. The lowest BCUT2D eigenvalue weighted by atomic mass is 9.64. The van der Waals surface area contributed by atoms with Crippen molar-refractivity contribution in [3.05, 3.63) is 72.3 Å². The fourth-order valence-corrected chi connectivity index (χ4v) is 3.78. The van der Waals surface area contributed by atoms with Gasteiger partial charge in [-0.2, -0.15) is 0 Å². The Labute approximate surface area is 166 Å². The lowest BCUT2D eigenvalue weighted by Gasteiger charge is -2.40. The lowest BCUT2D eigenvalue weighted by Crippen LogP contribution is -2.36. The fourth-order valence-electron chi connectivity index (χ4n) is 3.78. The lowest BCUT2D eigenvalue weighted by molar-refractivity contribution is 0.285. The van der Waals surface area contributed by atoms with E-state index in [0.29, 0.717) is 11.4 Å². The monoisotopic (exact) mass is 387 g/mol. The predicted molar refractivity (Wildman–Crippen MR) is 106 cm³/mol. The smallest absolute Gasteiger partial charge is 0.219 e. The zero-order valence-corrected chi connectivity index (χ0v) is 15.5. The molecule has 8 heteroatoms. The topological polar surface area (TPSA) is 106 Å². The number of aromatic nitrogens is 6. The third kappa shape index (κ3) is 3.02. The van der Waals surface area contributed by atoms with Gasteiger partial charge in [0.25, 0.3) is 0 Å². The molecule has 0 atom stereocenters. The van der Waals surface area contributed by atoms with E-state index in [1.165, 1.54) is 12.1 Å². The van der Waals surface area contributed by atoms with Crippen molar-refractivity contribution in [2.75, 3.05) is 5.73 Å². The van der Waals surface area contributed by atoms with Crippen LogP contribution in [0, 0.1) is 5.82 Å². The van der Waals surface area contributed by atoms with Gasteiger partial charge >= 0.3 is 0 Å². The third-order valence-electron chi connectivity index (χ3n) is 5.54. The average molecular weight is 387 g/mol. The van der Waals surface area contributed by atoms with E-state index in [-0.39, 0.29) is 17.2 Å². The van der Waals surface area contributed by atoms with Gasteiger partial charge in [-0.15, -0.1) is 10.2 Å². The number of pyridine rings is 1. The Morgan fingerprint density at radius 2 is 1.76 bits per heavy atom. The first-order chi connectivity index (χ1) is 14.1. The molecule has 3 N–H and O–H groups in total. The molecule has 1 fully saturated rings. The molecule has 1 saturated carbocycles. The maximum absolute atomic E-state index is 13.6. The molecule has 4 aromatic rings. The van der Waals surface area contributed by atoms with E-state index < -0.39 is 0 Å². The van der Waals surface area contributed by atoms with Crippen LogP contribution in [0.5, 0.6) is 0 Å². The van der Waals surface area contributed by atoms with Crippen molar-refractivity contribution >= 4 is 5.95 Å². The first-order valence-corrected chi connectivity index (χ1v) is 9.37. The first kappa shape index (κ1) is 17.4. The Morgan fingerprint density at radius 1 is 0.931 bits per heavy atom. The number of anilines is 1. The molecule has 0 spiro atoms. The summed E-state index contributed by atoms with van der Waals surface area (Å²) in [6, 6.07) is 8.41. The zero-order chi connectivity index (χ0) is 19.8. The van der Waals surface area contributed by atoms with Gasteiger partial charge in [-0.1, -0.05) is 18.6 Å². The number of halogens is 1. The minimum absolute atomic E-state index is 0.236. The zero-order valence-electron chi connectivity index (χ0n) is 15.5. The first-order valence-electron chi connectivity index (χ1n) is 9.37. The summed E-state index contributed by atoms with van der Waals surface area (Å²) < 4.78 is 13.6. The van der Waals surface area contributed by atoms with Gasteiger partial charge in [-0.25, -0.2) is 14.4 Å². The number of nitrogens with zero attached hydrogens (tertiary/aromatic N) is 5. The molecular weight excluding hydrogens is 369 g/mol. The summed E-state index contributed by atoms with van der Waals surface area (Å²) in [6.07, 6.45) is 9.99. The molecule has 7 nitrogen and oxygen atoms in total. The molecule has 0 amide bonds. The van der Waals surface area contributed by atoms with E-state index in [0.717, 1.165) is 41.8 Å². The highest BCUT2D eigenvalue weighted by atomic mass is 19.1. The van der Waals surface area contributed by atoms with Gasteiger partial charge in [-0.05, 0) is 36.6 Å². The van der Waals surface area contributed by atoms with Crippen molar-refractivity contribution < 1.29 is 4.39 Å². The number of nitrogen functional groups attached to an aromatic ring is 1. The number of hydrogen-bond donors (Lipinski definition) is 2. The van der Waals surface area contributed by atoms with Crippen molar-refractivity contribution in [2.24, 2.45) is 0 Å². The highest BCUT2D eigenvalue weighted by Gasteiger charge is 2.44. The van der Waals surface area contributed by atoms with E-state index in [4.69, 9.17) is 5.73 Å². The second-order valence-electron chi connectivity index (χ2n) is 7.26. The molecule has 144 valence electrons. The van der Waals surface area contributed by atoms with Crippen LogP contribution >= 0.6 is 0 Å². The number of H-pyrrole nitrogens is 1. The Hall–Kier alpha value is -3.68. The second kappa shape index (κ2) is 6.73. The summed E-state index contributed by atoms with van der Waals surface area (Å²) in [4.78, 5) is 15.9. The van der Waals surface area contributed by atoms with E-state index in [1.54, 1.807) is 24.7 Å². The SMILES string of the molecule is Nc1ncc(-c2cncc(C3(c4nnc(-c5cccc(F)c5)[nH]4)CCC3)c2)cn1. The van der Waals surface area contributed by atoms with E-state index in [9.17, 15) is 4.39 Å². The third-order valence-corrected chi connectivity index (χ3v) is 5.54. The van der Waals surface area contributed by atoms with Crippen molar-refractivity contribution in [2.45, 2.75) is 24.7 Å². The summed E-state index contributed by atoms with van der Waals surface area (Å²) in [5.41, 5.74) is 8.80. The number of hydrogen-bond acceptors (Lipinski definition) is 6. The standard InChI is InChI=1S/C21H18FN7/c22-17-4-1-3-13(8-17)18-27-19(29-28-18)21(5-2-6-21)16-7-14(9-24-12-16)15-10-25-20(23)26-11-15/h1,3-4,7-12H,2,5-6H2,(H2,23,25,26)(H,27,28,29). The van der Waals surface area contributed by atoms with Gasteiger partial charge in [-0.3, -0.25) is 4.98 Å². The number of benzene rings is 1. The molecular formula is C21H18FN7. The number of nitrogens with two attached hydrogens (primary N) is 1. The molecule has 3 heterocycles. The summed E-state index contributed by atoms with van der Waals surface area (Å²) in [6.45, 7) is 0. The molecule has 0 unspecified atom stereocenters. The van der Waals surface area contributed by atoms with Crippen LogP contribution in [0.25, 0.3) is 22.5 Å². The molecule has 1 aromatic carbocycles. The van der Waals surface area contributed by atoms with Gasteiger partial charge < -0.3 is 10.7 Å². The largest absolute Gasteiger partial charge is 0.368 e. The Bertz CT molecular complexity index is 1170. The quantitative estimate of drug-likeness (QED) is 0.555. The molecule has 0 bridgehead atoms. The Kier molecular flexibility index (Phi) is 4.04. The van der Waals surface area contributed by atoms with Crippen LogP contribution in [0.4, 0.5) is 10.3 Å². The van der Waals surface area contributed by atoms with Gasteiger partial charge in [0.05, 0.1) is 5.41 Å². The molecule has 1 aliphatic rings. The fraction of sp³-hybridized carbons (Fsp3) is 0.190. The van der Waals surface area contributed by atoms with Crippen molar-refractivity contribution in [3.63, 3.8) is 0 Å². The highest BCUT2D eigenvalue weighted by molar-refractivity contribution is 5.62. The number of aromatic amines is 1. The second-order valence-corrected chi connectivity index (χ2v) is 7.26. The van der Waals surface area contributed by atoms with Gasteiger partial charge in [0.15, 0.2) is 5.82 Å². The van der Waals surface area contributed by atoms with Gasteiger partial charge in [0, 0.05) is 41.5 Å². The van der Waals surface area contributed by atoms with Crippen molar-refractivity contribution in [1.29, 1.82) is 0 Å². The van der Waals surface area contributed by atoms with Crippen molar-refractivity contribution in [3.8, 4) is 22.5 Å². The molecule has 0 aliphatic heterocycles. The van der Waals surface area contributed by atoms with E-state index in [1.807, 2.05) is 12.3 Å². The minimum atomic E-state index is -0.304. The van der Waals surface area contributed by atoms with Crippen LogP contribution in [0.15, 0.2) is 55.1 Å². The molecule has 29 heavy (non-hydrogen) atoms. The maximum Gasteiger partial charge on any atom is 0.219 e. The molecule has 0 radical (unpaired) electrons.